The summed E-state index contributed by atoms with van der Waals surface area (Å²) >= 11 is 0. The van der Waals surface area contributed by atoms with Crippen LogP contribution < -0.4 is 0 Å². The summed E-state index contributed by atoms with van der Waals surface area (Å²) in [6.45, 7) is 2.07. The molecule has 0 spiro atoms. The molecule has 0 unspecified atom stereocenters. The van der Waals surface area contributed by atoms with Crippen molar-refractivity contribution in [3.8, 4) is 17.1 Å². The van der Waals surface area contributed by atoms with Gasteiger partial charge in [0, 0.05) is 18.6 Å². The minimum Gasteiger partial charge on any atom is -0.261 e. The molecule has 3 aromatic rings. The Morgan fingerprint density at radius 1 is 1.06 bits per heavy atom. The lowest BCUT2D eigenvalue weighted by atomic mass is 10.2. The first kappa shape index (κ1) is 10.7. The molecule has 4 heteroatoms. The molecule has 88 valence electrons. The molecule has 0 aliphatic carbocycles. The number of hydrogen-bond donors (Lipinski definition) is 0. The number of aromatic nitrogens is 4. The highest BCUT2D eigenvalue weighted by molar-refractivity contribution is 5.52. The average Bonchev–Trinajstić information content (AvgIpc) is 2.89. The minimum absolute atomic E-state index is 0.781. The second-order valence-corrected chi connectivity index (χ2v) is 4.08. The molecule has 0 aliphatic heterocycles. The number of nitrogens with zero attached hydrogens (tertiary/aromatic N) is 4. The Labute approximate surface area is 105 Å². The van der Waals surface area contributed by atoms with E-state index in [1.54, 1.807) is 18.6 Å². The van der Waals surface area contributed by atoms with Crippen molar-refractivity contribution < 1.29 is 0 Å². The largest absolute Gasteiger partial charge is 0.261 e. The Kier molecular flexibility index (Phi) is 2.61. The first-order valence-electron chi connectivity index (χ1n) is 5.72. The maximum atomic E-state index is 4.51. The molecule has 0 atom stereocenters. The summed E-state index contributed by atoms with van der Waals surface area (Å²) in [4.78, 5) is 8.28. The SMILES string of the molecule is Cc1cccc(-n2ccc(-c3cnccn3)n2)c1. The van der Waals surface area contributed by atoms with Crippen molar-refractivity contribution in [3.05, 3.63) is 60.7 Å². The second-order valence-electron chi connectivity index (χ2n) is 4.08. The standard InChI is InChI=1S/C14H12N4/c1-11-3-2-4-12(9-11)18-8-5-13(17-18)14-10-15-6-7-16-14/h2-10H,1H3. The maximum absolute atomic E-state index is 4.51. The molecule has 0 amide bonds. The van der Waals surface area contributed by atoms with E-state index in [0.29, 0.717) is 0 Å². The molecule has 0 radical (unpaired) electrons. The Hall–Kier alpha value is -2.49. The van der Waals surface area contributed by atoms with Gasteiger partial charge in [0.1, 0.15) is 11.4 Å². The van der Waals surface area contributed by atoms with Crippen molar-refractivity contribution in [1.29, 1.82) is 0 Å². The fourth-order valence-electron chi connectivity index (χ4n) is 1.81. The van der Waals surface area contributed by atoms with Crippen molar-refractivity contribution in [1.82, 2.24) is 19.7 Å². The van der Waals surface area contributed by atoms with Gasteiger partial charge in [-0.15, -0.1) is 0 Å². The highest BCUT2D eigenvalue weighted by Gasteiger charge is 2.04. The molecule has 4 nitrogen and oxygen atoms in total. The molecule has 0 fully saturated rings. The van der Waals surface area contributed by atoms with Crippen LogP contribution in [0.15, 0.2) is 55.1 Å². The van der Waals surface area contributed by atoms with Gasteiger partial charge in [-0.1, -0.05) is 12.1 Å². The van der Waals surface area contributed by atoms with E-state index in [0.717, 1.165) is 17.1 Å². The first-order chi connectivity index (χ1) is 8.83. The molecule has 0 N–H and O–H groups in total. The summed E-state index contributed by atoms with van der Waals surface area (Å²) < 4.78 is 1.84. The highest BCUT2D eigenvalue weighted by atomic mass is 15.3. The third-order valence-electron chi connectivity index (χ3n) is 2.68. The predicted molar refractivity (Wildman–Crippen MR) is 69.3 cm³/mol. The van der Waals surface area contributed by atoms with Crippen LogP contribution in [-0.4, -0.2) is 19.7 Å². The number of rotatable bonds is 2. The molecular weight excluding hydrogens is 224 g/mol. The van der Waals surface area contributed by atoms with Crippen LogP contribution in [0, 0.1) is 6.92 Å². The average molecular weight is 236 g/mol. The first-order valence-corrected chi connectivity index (χ1v) is 5.72. The molecular formula is C14H12N4. The Morgan fingerprint density at radius 3 is 2.78 bits per heavy atom. The van der Waals surface area contributed by atoms with Gasteiger partial charge in [-0.2, -0.15) is 5.10 Å². The van der Waals surface area contributed by atoms with Crippen molar-refractivity contribution in [2.24, 2.45) is 0 Å². The van der Waals surface area contributed by atoms with Gasteiger partial charge in [-0.25, -0.2) is 4.68 Å². The summed E-state index contributed by atoms with van der Waals surface area (Å²) in [6.07, 6.45) is 6.96. The lowest BCUT2D eigenvalue weighted by Gasteiger charge is -2.01. The number of hydrogen-bond acceptors (Lipinski definition) is 3. The third-order valence-corrected chi connectivity index (χ3v) is 2.68. The summed E-state index contributed by atoms with van der Waals surface area (Å²) in [6, 6.07) is 10.1. The van der Waals surface area contributed by atoms with E-state index in [-0.39, 0.29) is 0 Å². The van der Waals surface area contributed by atoms with Crippen molar-refractivity contribution in [2.75, 3.05) is 0 Å². The lowest BCUT2D eigenvalue weighted by Crippen LogP contribution is -1.95. The monoisotopic (exact) mass is 236 g/mol. The zero-order chi connectivity index (χ0) is 12.4. The minimum atomic E-state index is 0.781. The van der Waals surface area contributed by atoms with E-state index in [1.165, 1.54) is 5.56 Å². The van der Waals surface area contributed by atoms with Gasteiger partial charge in [0.25, 0.3) is 0 Å². The molecule has 0 saturated heterocycles. The van der Waals surface area contributed by atoms with Gasteiger partial charge in [0.05, 0.1) is 11.9 Å². The van der Waals surface area contributed by atoms with Gasteiger partial charge in [0.15, 0.2) is 0 Å². The van der Waals surface area contributed by atoms with Crippen LogP contribution in [-0.2, 0) is 0 Å². The van der Waals surface area contributed by atoms with Crippen LogP contribution >= 0.6 is 0 Å². The Morgan fingerprint density at radius 2 is 2.00 bits per heavy atom. The summed E-state index contributed by atoms with van der Waals surface area (Å²) in [5.74, 6) is 0. The fourth-order valence-corrected chi connectivity index (χ4v) is 1.81. The zero-order valence-corrected chi connectivity index (χ0v) is 9.99. The van der Waals surface area contributed by atoms with Gasteiger partial charge in [0.2, 0.25) is 0 Å². The van der Waals surface area contributed by atoms with Gasteiger partial charge in [-0.05, 0) is 30.7 Å². The van der Waals surface area contributed by atoms with Crippen molar-refractivity contribution in [3.63, 3.8) is 0 Å². The molecule has 18 heavy (non-hydrogen) atoms. The molecule has 1 aromatic carbocycles. The highest BCUT2D eigenvalue weighted by Crippen LogP contribution is 2.15. The van der Waals surface area contributed by atoms with Crippen LogP contribution in [0.5, 0.6) is 0 Å². The molecule has 0 saturated carbocycles. The molecule has 2 heterocycles. The van der Waals surface area contributed by atoms with Gasteiger partial charge >= 0.3 is 0 Å². The summed E-state index contributed by atoms with van der Waals surface area (Å²) in [7, 11) is 0. The van der Waals surface area contributed by atoms with Crippen LogP contribution in [0.1, 0.15) is 5.56 Å². The van der Waals surface area contributed by atoms with E-state index in [1.807, 2.05) is 29.1 Å². The third kappa shape index (κ3) is 2.00. The Balaban J connectivity index is 2.00. The van der Waals surface area contributed by atoms with Crippen LogP contribution in [0.2, 0.25) is 0 Å². The van der Waals surface area contributed by atoms with Crippen LogP contribution in [0.25, 0.3) is 17.1 Å². The van der Waals surface area contributed by atoms with Crippen molar-refractivity contribution >= 4 is 0 Å². The van der Waals surface area contributed by atoms with E-state index in [9.17, 15) is 0 Å². The van der Waals surface area contributed by atoms with E-state index >= 15 is 0 Å². The number of benzene rings is 1. The topological polar surface area (TPSA) is 43.6 Å². The molecule has 0 bridgehead atoms. The van der Waals surface area contributed by atoms with Crippen LogP contribution in [0.3, 0.4) is 0 Å². The maximum Gasteiger partial charge on any atom is 0.113 e. The van der Waals surface area contributed by atoms with E-state index in [4.69, 9.17) is 0 Å². The number of aryl methyl sites for hydroxylation is 1. The normalized spacial score (nSPS) is 10.5. The van der Waals surface area contributed by atoms with Gasteiger partial charge < -0.3 is 0 Å². The zero-order valence-electron chi connectivity index (χ0n) is 9.99. The van der Waals surface area contributed by atoms with Gasteiger partial charge in [-0.3, -0.25) is 9.97 Å². The van der Waals surface area contributed by atoms with E-state index in [2.05, 4.69) is 34.1 Å². The summed E-state index contributed by atoms with van der Waals surface area (Å²) in [5, 5.41) is 4.51. The predicted octanol–water partition coefficient (Wildman–Crippen LogP) is 2.64. The summed E-state index contributed by atoms with van der Waals surface area (Å²) in [5.41, 5.74) is 3.86. The molecule has 3 rings (SSSR count). The Bertz CT molecular complexity index is 658. The quantitative estimate of drug-likeness (QED) is 0.687. The van der Waals surface area contributed by atoms with Crippen molar-refractivity contribution in [2.45, 2.75) is 6.92 Å². The second kappa shape index (κ2) is 4.41. The molecule has 2 aromatic heterocycles. The lowest BCUT2D eigenvalue weighted by molar-refractivity contribution is 0.880. The fraction of sp³-hybridized carbons (Fsp3) is 0.0714. The van der Waals surface area contributed by atoms with E-state index < -0.39 is 0 Å². The smallest absolute Gasteiger partial charge is 0.113 e. The molecule has 0 aliphatic rings. The van der Waals surface area contributed by atoms with Crippen LogP contribution in [0.4, 0.5) is 0 Å².